The quantitative estimate of drug-likeness (QED) is 0.250. The third-order valence-corrected chi connectivity index (χ3v) is 7.22. The summed E-state index contributed by atoms with van der Waals surface area (Å²) in [5.74, 6) is -4.84. The molecule has 0 atom stereocenters. The zero-order valence-corrected chi connectivity index (χ0v) is 18.3. The average Bonchev–Trinajstić information content (AvgIpc) is 2.57. The van der Waals surface area contributed by atoms with Crippen molar-refractivity contribution in [3.8, 4) is 0 Å². The van der Waals surface area contributed by atoms with Crippen molar-refractivity contribution in [3.63, 3.8) is 0 Å². The zero-order chi connectivity index (χ0) is 21.5. The minimum atomic E-state index is -4.39. The normalized spacial score (nSPS) is 13.0. The van der Waals surface area contributed by atoms with Crippen molar-refractivity contribution in [1.82, 2.24) is 0 Å². The highest BCUT2D eigenvalue weighted by Gasteiger charge is 2.29. The third kappa shape index (κ3) is 10.1. The van der Waals surface area contributed by atoms with Crippen LogP contribution < -0.4 is 0 Å². The lowest BCUT2D eigenvalue weighted by atomic mass is 10.6. The Labute approximate surface area is 159 Å². The smallest absolute Gasteiger partial charge is 0.355 e. The zero-order valence-electron chi connectivity index (χ0n) is 15.1. The van der Waals surface area contributed by atoms with Crippen molar-refractivity contribution in [2.24, 2.45) is 0 Å². The van der Waals surface area contributed by atoms with Crippen LogP contribution in [0.15, 0.2) is 11.7 Å². The topological polar surface area (TPSA) is 173 Å². The molecule has 0 N–H and O–H groups in total. The van der Waals surface area contributed by atoms with E-state index in [2.05, 4.69) is 16.7 Å². The molecule has 0 unspecified atom stereocenters. The molecule has 0 aliphatic heterocycles. The summed E-state index contributed by atoms with van der Waals surface area (Å²) in [5.41, 5.74) is 0. The molecule has 162 valence electrons. The second kappa shape index (κ2) is 9.90. The molecule has 0 aliphatic rings. The molecule has 0 fully saturated rings. The van der Waals surface area contributed by atoms with Crippen molar-refractivity contribution in [2.45, 2.75) is 27.7 Å². The Morgan fingerprint density at radius 1 is 0.556 bits per heavy atom. The fourth-order valence-electron chi connectivity index (χ4n) is 1.01. The highest BCUT2D eigenvalue weighted by atomic mass is 32.2. The van der Waals surface area contributed by atoms with E-state index in [-0.39, 0.29) is 0 Å². The van der Waals surface area contributed by atoms with Crippen molar-refractivity contribution in [1.29, 1.82) is 0 Å². The number of rotatable bonds is 13. The Kier molecular flexibility index (Phi) is 9.50. The highest BCUT2D eigenvalue weighted by Crippen LogP contribution is 2.20. The summed E-state index contributed by atoms with van der Waals surface area (Å²) in [5, 5.41) is 0. The van der Waals surface area contributed by atoms with Crippen LogP contribution in [0.2, 0.25) is 0 Å². The molecule has 12 nitrogen and oxygen atoms in total. The van der Waals surface area contributed by atoms with Gasteiger partial charge in [-0.05, 0) is 27.7 Å². The summed E-state index contributed by atoms with van der Waals surface area (Å²) in [6.07, 6.45) is 0. The molecule has 0 aromatic carbocycles. The second-order valence-electron chi connectivity index (χ2n) is 4.61. The van der Waals surface area contributed by atoms with Gasteiger partial charge in [0.05, 0.1) is 23.0 Å². The van der Waals surface area contributed by atoms with Gasteiger partial charge in [-0.25, -0.2) is 0 Å². The SMILES string of the molecule is CCS(=O)(=O)OCC(OS(=O)(=O)CC)=C(OS(=O)(=O)CC)OS(=O)(=O)CC. The van der Waals surface area contributed by atoms with E-state index in [0.29, 0.717) is 0 Å². The van der Waals surface area contributed by atoms with Crippen LogP contribution in [0.25, 0.3) is 0 Å². The van der Waals surface area contributed by atoms with Gasteiger partial charge in [0.2, 0.25) is 5.76 Å². The largest absolute Gasteiger partial charge is 0.377 e. The summed E-state index contributed by atoms with van der Waals surface area (Å²) >= 11 is 0. The molecule has 0 bridgehead atoms. The fraction of sp³-hybridized carbons (Fsp3) is 0.818. The first-order valence-electron chi connectivity index (χ1n) is 7.49. The van der Waals surface area contributed by atoms with Gasteiger partial charge in [0.25, 0.3) is 10.1 Å². The van der Waals surface area contributed by atoms with Gasteiger partial charge in [0, 0.05) is 0 Å². The van der Waals surface area contributed by atoms with E-state index in [9.17, 15) is 33.7 Å². The van der Waals surface area contributed by atoms with Gasteiger partial charge in [-0.2, -0.15) is 33.7 Å². The Morgan fingerprint density at radius 2 is 0.889 bits per heavy atom. The molecule has 0 aromatic rings. The van der Waals surface area contributed by atoms with Gasteiger partial charge in [0.15, 0.2) is 0 Å². The maximum Gasteiger partial charge on any atom is 0.355 e. The lowest BCUT2D eigenvalue weighted by Gasteiger charge is -2.15. The minimum Gasteiger partial charge on any atom is -0.377 e. The maximum atomic E-state index is 11.7. The van der Waals surface area contributed by atoms with E-state index in [0.717, 1.165) is 13.8 Å². The maximum absolute atomic E-state index is 11.7. The second-order valence-corrected chi connectivity index (χ2v) is 12.1. The Morgan fingerprint density at radius 3 is 1.22 bits per heavy atom. The summed E-state index contributed by atoms with van der Waals surface area (Å²) < 4.78 is 111. The van der Waals surface area contributed by atoms with E-state index in [1.807, 2.05) is 0 Å². The Bertz CT molecular complexity index is 901. The highest BCUT2D eigenvalue weighted by molar-refractivity contribution is 7.87. The van der Waals surface area contributed by atoms with Crippen LogP contribution in [0.5, 0.6) is 0 Å². The lowest BCUT2D eigenvalue weighted by Crippen LogP contribution is -2.22. The van der Waals surface area contributed by atoms with E-state index >= 15 is 0 Å². The first-order chi connectivity index (χ1) is 12.1. The number of hydrogen-bond donors (Lipinski definition) is 0. The molecular formula is C11H22O12S4. The van der Waals surface area contributed by atoms with Crippen molar-refractivity contribution < 1.29 is 50.4 Å². The van der Waals surface area contributed by atoms with Gasteiger partial charge in [-0.3, -0.25) is 4.18 Å². The van der Waals surface area contributed by atoms with Gasteiger partial charge >= 0.3 is 36.3 Å². The molecule has 0 heterocycles. The van der Waals surface area contributed by atoms with Crippen LogP contribution in [0.3, 0.4) is 0 Å². The average molecular weight is 475 g/mol. The van der Waals surface area contributed by atoms with E-state index in [4.69, 9.17) is 0 Å². The molecule has 0 rings (SSSR count). The van der Waals surface area contributed by atoms with E-state index < -0.39 is 81.8 Å². The molecule has 0 radical (unpaired) electrons. The number of hydrogen-bond acceptors (Lipinski definition) is 12. The molecule has 0 spiro atoms. The van der Waals surface area contributed by atoms with Crippen LogP contribution in [0.1, 0.15) is 27.7 Å². The van der Waals surface area contributed by atoms with Crippen LogP contribution in [-0.4, -0.2) is 63.3 Å². The van der Waals surface area contributed by atoms with Crippen LogP contribution in [0.4, 0.5) is 0 Å². The first-order valence-corrected chi connectivity index (χ1v) is 13.8. The van der Waals surface area contributed by atoms with Crippen LogP contribution >= 0.6 is 0 Å². The summed E-state index contributed by atoms with van der Waals surface area (Å²) in [6.45, 7) is 3.53. The first kappa shape index (κ1) is 25.9. The van der Waals surface area contributed by atoms with Gasteiger partial charge in [-0.1, -0.05) is 0 Å². The van der Waals surface area contributed by atoms with Gasteiger partial charge in [0.1, 0.15) is 6.61 Å². The molecule has 0 saturated heterocycles. The third-order valence-electron chi connectivity index (χ3n) is 2.64. The van der Waals surface area contributed by atoms with Gasteiger partial charge in [-0.15, -0.1) is 0 Å². The molecular weight excluding hydrogens is 452 g/mol. The standard InChI is InChI=1S/C11H22O12S4/c1-5-24(12,13)20-9-10(21-25(14,15)6-2)11(22-26(16,17)7-3)23-27(18,19)8-4/h5-9H2,1-4H3. The lowest BCUT2D eigenvalue weighted by molar-refractivity contribution is 0.185. The fourth-order valence-corrected chi connectivity index (χ4v) is 3.00. The van der Waals surface area contributed by atoms with E-state index in [1.165, 1.54) is 13.8 Å². The summed E-state index contributed by atoms with van der Waals surface area (Å²) in [7, 11) is -17.3. The molecule has 27 heavy (non-hydrogen) atoms. The Hall–Kier alpha value is -1.10. The van der Waals surface area contributed by atoms with Crippen LogP contribution in [0, 0.1) is 0 Å². The van der Waals surface area contributed by atoms with Gasteiger partial charge < -0.3 is 12.5 Å². The monoisotopic (exact) mass is 474 g/mol. The van der Waals surface area contributed by atoms with Crippen molar-refractivity contribution in [3.05, 3.63) is 11.7 Å². The van der Waals surface area contributed by atoms with E-state index in [1.54, 1.807) is 0 Å². The Balaban J connectivity index is 6.36. The molecule has 0 saturated carbocycles. The minimum absolute atomic E-state index is 0.502. The summed E-state index contributed by atoms with van der Waals surface area (Å²) in [6, 6.07) is 0. The summed E-state index contributed by atoms with van der Waals surface area (Å²) in [4.78, 5) is 0. The van der Waals surface area contributed by atoms with Crippen molar-refractivity contribution >= 4 is 40.5 Å². The molecule has 0 aliphatic carbocycles. The van der Waals surface area contributed by atoms with Crippen molar-refractivity contribution in [2.75, 3.05) is 29.6 Å². The van der Waals surface area contributed by atoms with Crippen LogP contribution in [-0.2, 0) is 57.2 Å². The predicted molar refractivity (Wildman–Crippen MR) is 94.1 cm³/mol. The predicted octanol–water partition coefficient (Wildman–Crippen LogP) is -0.379. The molecule has 0 aromatic heterocycles. The molecule has 16 heteroatoms. The molecule has 0 amide bonds.